The number of Topliss-reactive ketones (excluding diaryl/α,β-unsaturated/α-hetero) is 1. The number of nitrogens with zero attached hydrogens (tertiary/aromatic N) is 1. The van der Waals surface area contributed by atoms with Crippen LogP contribution < -0.4 is 9.47 Å². The van der Waals surface area contributed by atoms with E-state index in [1.165, 1.54) is 0 Å². The first-order chi connectivity index (χ1) is 14.1. The molecule has 1 fully saturated rings. The number of H-pyrrole nitrogens is 1. The van der Waals surface area contributed by atoms with Crippen LogP contribution in [0.15, 0.2) is 59.8 Å². The number of ether oxygens (including phenoxy) is 2. The van der Waals surface area contributed by atoms with E-state index in [0.717, 1.165) is 33.2 Å². The van der Waals surface area contributed by atoms with Gasteiger partial charge in [-0.2, -0.15) is 0 Å². The Bertz CT molecular complexity index is 1120. The summed E-state index contributed by atoms with van der Waals surface area (Å²) in [5.41, 5.74) is 4.56. The fourth-order valence-electron chi connectivity index (χ4n) is 3.75. The number of aromatic amines is 1. The molecule has 148 valence electrons. The third-order valence-corrected chi connectivity index (χ3v) is 5.16. The molecular formula is C24H24N2O3. The summed E-state index contributed by atoms with van der Waals surface area (Å²) in [5.74, 6) is 1.40. The number of hydrogen-bond acceptors (Lipinski definition) is 4. The highest BCUT2D eigenvalue weighted by atomic mass is 16.5. The molecule has 0 saturated carbocycles. The number of likely N-dealkylation sites (N-methyl/N-ethyl adjacent to an activating group) is 1. The molecule has 29 heavy (non-hydrogen) atoms. The molecule has 1 aliphatic rings. The maximum Gasteiger partial charge on any atom is 0.187 e. The summed E-state index contributed by atoms with van der Waals surface area (Å²) in [6.45, 7) is 1.24. The quantitative estimate of drug-likeness (QED) is 0.682. The van der Waals surface area contributed by atoms with Crippen molar-refractivity contribution in [2.45, 2.75) is 0 Å². The van der Waals surface area contributed by atoms with Gasteiger partial charge >= 0.3 is 0 Å². The number of rotatable bonds is 4. The predicted molar refractivity (Wildman–Crippen MR) is 116 cm³/mol. The summed E-state index contributed by atoms with van der Waals surface area (Å²) < 4.78 is 10.7. The van der Waals surface area contributed by atoms with Crippen LogP contribution in [-0.2, 0) is 4.79 Å². The lowest BCUT2D eigenvalue weighted by Gasteiger charge is -2.26. The minimum atomic E-state index is 0.0863. The van der Waals surface area contributed by atoms with E-state index in [-0.39, 0.29) is 5.78 Å². The van der Waals surface area contributed by atoms with Crippen molar-refractivity contribution in [3.63, 3.8) is 0 Å². The van der Waals surface area contributed by atoms with Crippen LogP contribution in [0.4, 0.5) is 0 Å². The second-order valence-corrected chi connectivity index (χ2v) is 7.24. The molecule has 3 aromatic rings. The van der Waals surface area contributed by atoms with Crippen molar-refractivity contribution in [2.75, 3.05) is 34.4 Å². The highest BCUT2D eigenvalue weighted by molar-refractivity contribution is 6.15. The first-order valence-corrected chi connectivity index (χ1v) is 9.51. The van der Waals surface area contributed by atoms with Gasteiger partial charge in [0.25, 0.3) is 0 Å². The molecular weight excluding hydrogens is 364 g/mol. The second kappa shape index (κ2) is 7.97. The highest BCUT2D eigenvalue weighted by Crippen LogP contribution is 2.30. The monoisotopic (exact) mass is 388 g/mol. The zero-order valence-corrected chi connectivity index (χ0v) is 16.9. The molecule has 0 atom stereocenters. The second-order valence-electron chi connectivity index (χ2n) is 7.24. The van der Waals surface area contributed by atoms with E-state index in [1.807, 2.05) is 61.8 Å². The van der Waals surface area contributed by atoms with Gasteiger partial charge in [0, 0.05) is 46.9 Å². The lowest BCUT2D eigenvalue weighted by atomic mass is 9.94. The number of carbonyl (C=O) groups excluding carboxylic acids is 1. The van der Waals surface area contributed by atoms with Crippen molar-refractivity contribution in [3.8, 4) is 11.5 Å². The SMILES string of the molecule is COc1ccc(/C=C2\CN(C)CC(=Cc3c[nH]c4ccccc34)C2=O)cc1OC. The Morgan fingerprint density at radius 3 is 2.45 bits per heavy atom. The Balaban J connectivity index is 1.69. The molecule has 1 aromatic heterocycles. The first kappa shape index (κ1) is 19.0. The van der Waals surface area contributed by atoms with Crippen LogP contribution in [0.5, 0.6) is 11.5 Å². The maximum absolute atomic E-state index is 13.2. The molecule has 2 aromatic carbocycles. The lowest BCUT2D eigenvalue weighted by molar-refractivity contribution is -0.113. The predicted octanol–water partition coefficient (Wildman–Crippen LogP) is 4.17. The zero-order chi connectivity index (χ0) is 20.4. The summed E-state index contributed by atoms with van der Waals surface area (Å²) in [4.78, 5) is 18.6. The zero-order valence-electron chi connectivity index (χ0n) is 16.9. The van der Waals surface area contributed by atoms with E-state index >= 15 is 0 Å². The summed E-state index contributed by atoms with van der Waals surface area (Å²) >= 11 is 0. The van der Waals surface area contributed by atoms with Gasteiger partial charge in [-0.3, -0.25) is 9.69 Å². The number of ketones is 1. The van der Waals surface area contributed by atoms with Crippen LogP contribution >= 0.6 is 0 Å². The number of aromatic nitrogens is 1. The fraction of sp³-hybridized carbons (Fsp3) is 0.208. The first-order valence-electron chi connectivity index (χ1n) is 9.51. The topological polar surface area (TPSA) is 54.6 Å². The molecule has 0 spiro atoms. The van der Waals surface area contributed by atoms with E-state index in [1.54, 1.807) is 14.2 Å². The molecule has 4 rings (SSSR count). The minimum Gasteiger partial charge on any atom is -0.493 e. The van der Waals surface area contributed by atoms with Crippen molar-refractivity contribution < 1.29 is 14.3 Å². The van der Waals surface area contributed by atoms with Gasteiger partial charge in [-0.25, -0.2) is 0 Å². The molecule has 5 heteroatoms. The molecule has 5 nitrogen and oxygen atoms in total. The standard InChI is InChI=1S/C24H24N2O3/c1-26-14-18(10-16-8-9-22(28-2)23(11-16)29-3)24(27)19(15-26)12-17-13-25-21-7-5-4-6-20(17)21/h4-13,25H,14-15H2,1-3H3/b18-10+,19-12?. The molecule has 0 bridgehead atoms. The Hall–Kier alpha value is -3.31. The number of nitrogens with one attached hydrogen (secondary N) is 1. The van der Waals surface area contributed by atoms with E-state index in [4.69, 9.17) is 9.47 Å². The van der Waals surface area contributed by atoms with Gasteiger partial charge in [-0.1, -0.05) is 24.3 Å². The molecule has 0 unspecified atom stereocenters. The molecule has 0 radical (unpaired) electrons. The van der Waals surface area contributed by atoms with Crippen LogP contribution in [0.1, 0.15) is 11.1 Å². The van der Waals surface area contributed by atoms with Gasteiger partial charge in [0.2, 0.25) is 0 Å². The van der Waals surface area contributed by atoms with Crippen LogP contribution in [0.2, 0.25) is 0 Å². The smallest absolute Gasteiger partial charge is 0.187 e. The van der Waals surface area contributed by atoms with Crippen LogP contribution in [-0.4, -0.2) is 50.0 Å². The van der Waals surface area contributed by atoms with Crippen molar-refractivity contribution in [3.05, 3.63) is 70.9 Å². The average Bonchev–Trinajstić information content (AvgIpc) is 3.14. The van der Waals surface area contributed by atoms with E-state index < -0.39 is 0 Å². The van der Waals surface area contributed by atoms with Crippen molar-refractivity contribution in [1.82, 2.24) is 9.88 Å². The van der Waals surface area contributed by atoms with E-state index in [9.17, 15) is 4.79 Å². The Kier molecular flexibility index (Phi) is 5.23. The summed E-state index contributed by atoms with van der Waals surface area (Å²) in [6, 6.07) is 13.8. The van der Waals surface area contributed by atoms with Crippen LogP contribution in [0.25, 0.3) is 23.1 Å². The number of para-hydroxylation sites is 1. The van der Waals surface area contributed by atoms with Crippen molar-refractivity contribution >= 4 is 28.8 Å². The van der Waals surface area contributed by atoms with Gasteiger partial charge in [0.15, 0.2) is 17.3 Å². The van der Waals surface area contributed by atoms with Crippen molar-refractivity contribution in [2.24, 2.45) is 0 Å². The highest BCUT2D eigenvalue weighted by Gasteiger charge is 2.24. The fourth-order valence-corrected chi connectivity index (χ4v) is 3.75. The molecule has 2 heterocycles. The molecule has 1 saturated heterocycles. The Morgan fingerprint density at radius 2 is 1.69 bits per heavy atom. The number of piperidine rings is 1. The van der Waals surface area contributed by atoms with E-state index in [2.05, 4.69) is 16.0 Å². The minimum absolute atomic E-state index is 0.0863. The maximum atomic E-state index is 13.2. The van der Waals surface area contributed by atoms with Crippen molar-refractivity contribution in [1.29, 1.82) is 0 Å². The number of fused-ring (bicyclic) bond motifs is 1. The van der Waals surface area contributed by atoms with Crippen LogP contribution in [0.3, 0.4) is 0 Å². The van der Waals surface area contributed by atoms with Crippen LogP contribution in [0, 0.1) is 0 Å². The number of benzene rings is 2. The molecule has 0 aliphatic carbocycles. The number of methoxy groups -OCH3 is 2. The average molecular weight is 388 g/mol. The summed E-state index contributed by atoms with van der Waals surface area (Å²) in [6.07, 6.45) is 5.89. The van der Waals surface area contributed by atoms with E-state index in [0.29, 0.717) is 24.6 Å². The van der Waals surface area contributed by atoms with Gasteiger partial charge in [-0.15, -0.1) is 0 Å². The van der Waals surface area contributed by atoms with Gasteiger partial charge in [-0.05, 0) is 43.0 Å². The number of hydrogen-bond donors (Lipinski definition) is 1. The molecule has 0 amide bonds. The number of likely N-dealkylation sites (tertiary alicyclic amines) is 1. The molecule has 1 aliphatic heterocycles. The third kappa shape index (κ3) is 3.82. The largest absolute Gasteiger partial charge is 0.493 e. The third-order valence-electron chi connectivity index (χ3n) is 5.16. The lowest BCUT2D eigenvalue weighted by Crippen LogP contribution is -2.34. The van der Waals surface area contributed by atoms with Gasteiger partial charge < -0.3 is 14.5 Å². The number of carbonyl (C=O) groups is 1. The summed E-state index contributed by atoms with van der Waals surface area (Å²) in [5, 5.41) is 1.12. The van der Waals surface area contributed by atoms with Gasteiger partial charge in [0.1, 0.15) is 0 Å². The molecule has 1 N–H and O–H groups in total. The Morgan fingerprint density at radius 1 is 0.966 bits per heavy atom. The Labute approximate surface area is 170 Å². The normalized spacial score (nSPS) is 18.0. The van der Waals surface area contributed by atoms with Gasteiger partial charge in [0.05, 0.1) is 14.2 Å². The summed E-state index contributed by atoms with van der Waals surface area (Å²) in [7, 11) is 5.24.